The first-order chi connectivity index (χ1) is 21.1. The number of aromatic nitrogens is 2. The van der Waals surface area contributed by atoms with Crippen molar-refractivity contribution in [1.29, 1.82) is 0 Å². The van der Waals surface area contributed by atoms with Gasteiger partial charge in [-0.1, -0.05) is 54.6 Å². The van der Waals surface area contributed by atoms with Crippen molar-refractivity contribution in [3.63, 3.8) is 0 Å². The number of alkyl halides is 3. The Morgan fingerprint density at radius 2 is 1.58 bits per heavy atom. The minimum absolute atomic E-state index is 0.0410. The average molecular weight is 628 g/mol. The number of phenols is 1. The number of aromatic hydroxyl groups is 1. The Balaban J connectivity index is 1.85. The molecule has 0 saturated heterocycles. The fraction of sp³-hybridized carbons (Fsp3) is 0.303. The third-order valence-electron chi connectivity index (χ3n) is 7.13. The lowest BCUT2D eigenvalue weighted by atomic mass is 10.0. The molecule has 0 saturated carbocycles. The highest BCUT2D eigenvalue weighted by atomic mass is 19.4. The first kappa shape index (κ1) is 33.0. The van der Waals surface area contributed by atoms with E-state index in [9.17, 15) is 37.1 Å². The number of para-hydroxylation sites is 1. The van der Waals surface area contributed by atoms with E-state index in [1.165, 1.54) is 13.0 Å². The van der Waals surface area contributed by atoms with E-state index in [0.29, 0.717) is 5.56 Å². The molecule has 0 unspecified atom stereocenters. The second-order valence-corrected chi connectivity index (χ2v) is 11.5. The summed E-state index contributed by atoms with van der Waals surface area (Å²) in [6.45, 7) is 5.29. The number of hydrogen-bond donors (Lipinski definition) is 2. The number of phenolic OH excluding ortho intramolecular Hbond substituents is 1. The third kappa shape index (κ3) is 7.62. The Kier molecular flexibility index (Phi) is 9.55. The van der Waals surface area contributed by atoms with Gasteiger partial charge in [0.1, 0.15) is 17.2 Å². The summed E-state index contributed by atoms with van der Waals surface area (Å²) in [6, 6.07) is 16.0. The van der Waals surface area contributed by atoms with E-state index in [1.807, 2.05) is 0 Å². The number of rotatable bonds is 8. The number of benzene rings is 3. The molecular formula is C33H33F4N3O5. The van der Waals surface area contributed by atoms with Crippen molar-refractivity contribution in [2.24, 2.45) is 0 Å². The van der Waals surface area contributed by atoms with E-state index in [4.69, 9.17) is 4.74 Å². The molecule has 238 valence electrons. The van der Waals surface area contributed by atoms with Crippen molar-refractivity contribution in [3.05, 3.63) is 122 Å². The predicted octanol–water partition coefficient (Wildman–Crippen LogP) is 6.55. The fourth-order valence-corrected chi connectivity index (χ4v) is 5.06. The molecule has 0 radical (unpaired) electrons. The summed E-state index contributed by atoms with van der Waals surface area (Å²) >= 11 is 0. The van der Waals surface area contributed by atoms with E-state index >= 15 is 0 Å². The number of nitrogens with zero attached hydrogens (tertiary/aromatic N) is 2. The number of ether oxygens (including phenoxy) is 1. The minimum Gasteiger partial charge on any atom is -0.508 e. The van der Waals surface area contributed by atoms with E-state index in [2.05, 4.69) is 5.32 Å². The van der Waals surface area contributed by atoms with Crippen LogP contribution in [0, 0.1) is 12.7 Å². The molecule has 0 aliphatic carbocycles. The van der Waals surface area contributed by atoms with Gasteiger partial charge < -0.3 is 15.2 Å². The number of alkyl carbamates (subject to hydrolysis) is 1. The maximum atomic E-state index is 14.9. The molecule has 8 nitrogen and oxygen atoms in total. The molecule has 4 aromatic rings. The van der Waals surface area contributed by atoms with Gasteiger partial charge in [-0.05, 0) is 57.9 Å². The lowest BCUT2D eigenvalue weighted by molar-refractivity contribution is -0.138. The Morgan fingerprint density at radius 3 is 2.20 bits per heavy atom. The summed E-state index contributed by atoms with van der Waals surface area (Å²) in [7, 11) is 0. The molecule has 12 heteroatoms. The van der Waals surface area contributed by atoms with Crippen LogP contribution >= 0.6 is 0 Å². The van der Waals surface area contributed by atoms with Crippen LogP contribution in [0.4, 0.5) is 22.4 Å². The zero-order valence-electron chi connectivity index (χ0n) is 25.1. The topological polar surface area (TPSA) is 103 Å². The molecule has 1 aromatic heterocycles. The van der Waals surface area contributed by atoms with Crippen LogP contribution in [-0.4, -0.2) is 25.9 Å². The van der Waals surface area contributed by atoms with Gasteiger partial charge in [0.05, 0.1) is 23.7 Å². The number of nitrogens with one attached hydrogen (secondary N) is 1. The smallest absolute Gasteiger partial charge is 0.416 e. The lowest BCUT2D eigenvalue weighted by Gasteiger charge is -2.25. The molecule has 45 heavy (non-hydrogen) atoms. The number of halogens is 4. The molecule has 2 N–H and O–H groups in total. The second-order valence-electron chi connectivity index (χ2n) is 11.5. The highest BCUT2D eigenvalue weighted by Crippen LogP contribution is 2.34. The summed E-state index contributed by atoms with van der Waals surface area (Å²) in [5.41, 5.74) is -3.76. The molecule has 0 aliphatic heterocycles. The lowest BCUT2D eigenvalue weighted by Crippen LogP contribution is -2.43. The van der Waals surface area contributed by atoms with E-state index < -0.39 is 58.7 Å². The van der Waals surface area contributed by atoms with Crippen LogP contribution in [0.3, 0.4) is 0 Å². The van der Waals surface area contributed by atoms with Crippen LogP contribution < -0.4 is 16.6 Å². The highest BCUT2D eigenvalue weighted by molar-refractivity contribution is 5.68. The Labute approximate surface area is 256 Å². The van der Waals surface area contributed by atoms with Crippen LogP contribution in [0.2, 0.25) is 0 Å². The summed E-state index contributed by atoms with van der Waals surface area (Å²) in [5, 5.41) is 13.2. The quantitative estimate of drug-likeness (QED) is 0.216. The number of carbonyl (C=O) groups is 1. The Hall–Kier alpha value is -4.87. The number of carbonyl (C=O) groups excluding carboxylic acids is 1. The summed E-state index contributed by atoms with van der Waals surface area (Å²) in [4.78, 5) is 40.4. The van der Waals surface area contributed by atoms with Crippen molar-refractivity contribution in [1.82, 2.24) is 14.5 Å². The van der Waals surface area contributed by atoms with Crippen LogP contribution in [0.25, 0.3) is 11.1 Å². The largest absolute Gasteiger partial charge is 0.508 e. The zero-order valence-corrected chi connectivity index (χ0v) is 25.1. The van der Waals surface area contributed by atoms with Crippen LogP contribution in [0.5, 0.6) is 5.75 Å². The van der Waals surface area contributed by atoms with Gasteiger partial charge in [-0.15, -0.1) is 0 Å². The monoisotopic (exact) mass is 627 g/mol. The van der Waals surface area contributed by atoms with Crippen LogP contribution in [0.1, 0.15) is 55.6 Å². The Bertz CT molecular complexity index is 1810. The normalized spacial score (nSPS) is 12.5. The Morgan fingerprint density at radius 1 is 0.933 bits per heavy atom. The molecule has 0 aliphatic rings. The standard InChI is InChI=1S/C33H33F4N3O5/c1-20-28(21-11-6-5-7-12-21)29(42)39(31(44)40(20)19-23-24(33(35,36)37)14-10-15-25(23)34)18-17-26(22-13-8-9-16-27(22)41)38-30(43)45-32(2,3)4/h5-16,26,41H,17-19H2,1-4H3,(H,38,43)/t26-/m0/s1. The van der Waals surface area contributed by atoms with Crippen molar-refractivity contribution >= 4 is 6.09 Å². The molecule has 4 rings (SSSR count). The molecule has 0 spiro atoms. The molecule has 0 bridgehead atoms. The summed E-state index contributed by atoms with van der Waals surface area (Å²) in [6.07, 6.45) is -5.81. The van der Waals surface area contributed by atoms with Crippen molar-refractivity contribution in [2.45, 2.75) is 65.0 Å². The highest BCUT2D eigenvalue weighted by Gasteiger charge is 2.35. The van der Waals surface area contributed by atoms with Crippen molar-refractivity contribution in [3.8, 4) is 16.9 Å². The van der Waals surface area contributed by atoms with Gasteiger partial charge in [0.15, 0.2) is 0 Å². The molecule has 3 aromatic carbocycles. The van der Waals surface area contributed by atoms with Crippen LogP contribution in [0.15, 0.2) is 82.4 Å². The molecule has 0 fully saturated rings. The summed E-state index contributed by atoms with van der Waals surface area (Å²) < 4.78 is 63.6. The van der Waals surface area contributed by atoms with E-state index in [0.717, 1.165) is 27.3 Å². The second kappa shape index (κ2) is 13.0. The van der Waals surface area contributed by atoms with Gasteiger partial charge in [0.2, 0.25) is 0 Å². The average Bonchev–Trinajstić information content (AvgIpc) is 2.94. The zero-order chi connectivity index (χ0) is 33.1. The van der Waals surface area contributed by atoms with Gasteiger partial charge in [-0.2, -0.15) is 13.2 Å². The number of amides is 1. The van der Waals surface area contributed by atoms with Gasteiger partial charge in [0, 0.05) is 23.4 Å². The first-order valence-electron chi connectivity index (χ1n) is 14.1. The predicted molar refractivity (Wildman–Crippen MR) is 160 cm³/mol. The van der Waals surface area contributed by atoms with E-state index in [1.54, 1.807) is 69.3 Å². The molecule has 1 amide bonds. The van der Waals surface area contributed by atoms with Crippen molar-refractivity contribution in [2.75, 3.05) is 0 Å². The summed E-state index contributed by atoms with van der Waals surface area (Å²) in [5.74, 6) is -1.31. The molecular weight excluding hydrogens is 594 g/mol. The minimum atomic E-state index is -4.90. The molecule has 1 atom stereocenters. The fourth-order valence-electron chi connectivity index (χ4n) is 5.06. The van der Waals surface area contributed by atoms with Crippen molar-refractivity contribution < 1.29 is 32.2 Å². The number of hydrogen-bond acceptors (Lipinski definition) is 5. The maximum absolute atomic E-state index is 14.9. The van der Waals surface area contributed by atoms with Gasteiger partial charge >= 0.3 is 18.0 Å². The molecule has 1 heterocycles. The van der Waals surface area contributed by atoms with E-state index in [-0.39, 0.29) is 35.5 Å². The first-order valence-corrected chi connectivity index (χ1v) is 14.1. The van der Waals surface area contributed by atoms with Crippen LogP contribution in [-0.2, 0) is 24.0 Å². The maximum Gasteiger partial charge on any atom is 0.416 e. The third-order valence-corrected chi connectivity index (χ3v) is 7.13. The van der Waals surface area contributed by atoms with Gasteiger partial charge in [-0.3, -0.25) is 13.9 Å². The SMILES string of the molecule is Cc1c(-c2ccccc2)c(=O)n(CC[C@H](NC(=O)OC(C)(C)C)c2ccccc2O)c(=O)n1Cc1c(F)cccc1C(F)(F)F. The van der Waals surface area contributed by atoms with Gasteiger partial charge in [0.25, 0.3) is 5.56 Å². The van der Waals surface area contributed by atoms with Gasteiger partial charge in [-0.25, -0.2) is 14.0 Å².